The molecule has 1 unspecified atom stereocenters. The van der Waals surface area contributed by atoms with Gasteiger partial charge < -0.3 is 5.11 Å². The monoisotopic (exact) mass is 266 g/mol. The van der Waals surface area contributed by atoms with Crippen molar-refractivity contribution < 1.29 is 14.7 Å². The Kier molecular flexibility index (Phi) is 3.11. The van der Waals surface area contributed by atoms with Gasteiger partial charge in [-0.15, -0.1) is 0 Å². The molecule has 3 nitrogen and oxygen atoms in total. The van der Waals surface area contributed by atoms with E-state index < -0.39 is 0 Å². The Bertz CT molecular complexity index is 674. The first kappa shape index (κ1) is 12.6. The lowest BCUT2D eigenvalue weighted by atomic mass is 9.95. The van der Waals surface area contributed by atoms with Gasteiger partial charge in [-0.25, -0.2) is 0 Å². The van der Waals surface area contributed by atoms with Crippen molar-refractivity contribution in [2.75, 3.05) is 0 Å². The number of phenols is 1. The minimum atomic E-state index is -0.356. The summed E-state index contributed by atoms with van der Waals surface area (Å²) in [5.74, 6) is -0.284. The van der Waals surface area contributed by atoms with Crippen molar-refractivity contribution in [3.05, 3.63) is 65.2 Å². The van der Waals surface area contributed by atoms with Gasteiger partial charge >= 0.3 is 0 Å². The Morgan fingerprint density at radius 2 is 1.85 bits per heavy atom. The molecule has 1 aliphatic carbocycles. The summed E-state index contributed by atoms with van der Waals surface area (Å²) in [7, 11) is 0. The van der Waals surface area contributed by atoms with E-state index >= 15 is 0 Å². The normalized spacial score (nSPS) is 17.0. The second-order valence-electron chi connectivity index (χ2n) is 5.06. The number of hydrogen-bond donors (Lipinski definition) is 1. The second kappa shape index (κ2) is 4.93. The van der Waals surface area contributed by atoms with Gasteiger partial charge in [0.05, 0.1) is 0 Å². The topological polar surface area (TPSA) is 54.4 Å². The van der Waals surface area contributed by atoms with Gasteiger partial charge in [-0.1, -0.05) is 42.5 Å². The van der Waals surface area contributed by atoms with Gasteiger partial charge in [-0.3, -0.25) is 9.59 Å². The van der Waals surface area contributed by atoms with Gasteiger partial charge in [0.25, 0.3) is 0 Å². The molecule has 3 heteroatoms. The molecule has 0 aromatic heterocycles. The molecule has 1 N–H and O–H groups in total. The number of aromatic hydroxyl groups is 1. The van der Waals surface area contributed by atoms with E-state index in [0.717, 1.165) is 0 Å². The molecule has 0 heterocycles. The quantitative estimate of drug-likeness (QED) is 0.869. The minimum Gasteiger partial charge on any atom is -0.508 e. The standard InChI is InChI=1S/C17H14O3/c18-15-8-4-7-13-14(15)9-12(17(13)20)10-16(19)11-5-2-1-3-6-11/h1-8,12,18H,9-10H2. The third-order valence-electron chi connectivity index (χ3n) is 3.77. The van der Waals surface area contributed by atoms with E-state index in [9.17, 15) is 14.7 Å². The maximum atomic E-state index is 12.3. The third kappa shape index (κ3) is 2.11. The predicted octanol–water partition coefficient (Wildman–Crippen LogP) is 3.02. The van der Waals surface area contributed by atoms with E-state index in [4.69, 9.17) is 0 Å². The summed E-state index contributed by atoms with van der Waals surface area (Å²) in [6.45, 7) is 0. The van der Waals surface area contributed by atoms with E-state index in [1.54, 1.807) is 30.3 Å². The van der Waals surface area contributed by atoms with Crippen LogP contribution in [0.5, 0.6) is 5.75 Å². The van der Waals surface area contributed by atoms with Crippen LogP contribution in [0.3, 0.4) is 0 Å². The van der Waals surface area contributed by atoms with Crippen molar-refractivity contribution in [3.8, 4) is 5.75 Å². The minimum absolute atomic E-state index is 0.0313. The highest BCUT2D eigenvalue weighted by Gasteiger charge is 2.33. The molecule has 0 amide bonds. The molecular weight excluding hydrogens is 252 g/mol. The molecule has 2 aromatic rings. The number of carbonyl (C=O) groups excluding carboxylic acids is 2. The largest absolute Gasteiger partial charge is 0.508 e. The van der Waals surface area contributed by atoms with E-state index in [1.165, 1.54) is 0 Å². The van der Waals surface area contributed by atoms with Gasteiger partial charge in [0.1, 0.15) is 5.75 Å². The molecule has 1 aliphatic rings. The van der Waals surface area contributed by atoms with Gasteiger partial charge in [-0.2, -0.15) is 0 Å². The molecule has 1 atom stereocenters. The maximum Gasteiger partial charge on any atom is 0.167 e. The molecule has 100 valence electrons. The highest BCUT2D eigenvalue weighted by molar-refractivity contribution is 6.06. The highest BCUT2D eigenvalue weighted by atomic mass is 16.3. The summed E-state index contributed by atoms with van der Waals surface area (Å²) in [4.78, 5) is 24.4. The highest BCUT2D eigenvalue weighted by Crippen LogP contribution is 2.34. The molecule has 0 saturated heterocycles. The summed E-state index contributed by atoms with van der Waals surface area (Å²) < 4.78 is 0. The van der Waals surface area contributed by atoms with E-state index in [2.05, 4.69) is 0 Å². The number of Topliss-reactive ketones (excluding diaryl/α,β-unsaturated/α-hetero) is 2. The Hall–Kier alpha value is -2.42. The first-order valence-electron chi connectivity index (χ1n) is 6.60. The van der Waals surface area contributed by atoms with Crippen LogP contribution in [0.15, 0.2) is 48.5 Å². The molecule has 0 aliphatic heterocycles. The van der Waals surface area contributed by atoms with Crippen LogP contribution in [0, 0.1) is 5.92 Å². The summed E-state index contributed by atoms with van der Waals surface area (Å²) >= 11 is 0. The molecule has 0 saturated carbocycles. The number of ketones is 2. The fourth-order valence-corrected chi connectivity index (χ4v) is 2.71. The Labute approximate surface area is 116 Å². The van der Waals surface area contributed by atoms with Gasteiger partial charge in [0.2, 0.25) is 0 Å². The fourth-order valence-electron chi connectivity index (χ4n) is 2.71. The molecule has 20 heavy (non-hydrogen) atoms. The lowest BCUT2D eigenvalue weighted by Gasteiger charge is -2.06. The van der Waals surface area contributed by atoms with Crippen LogP contribution in [0.1, 0.15) is 32.7 Å². The molecule has 3 rings (SSSR count). The van der Waals surface area contributed by atoms with Gasteiger partial charge in [0, 0.05) is 29.0 Å². The molecule has 2 aromatic carbocycles. The Morgan fingerprint density at radius 1 is 1.10 bits per heavy atom. The number of fused-ring (bicyclic) bond motifs is 1. The SMILES string of the molecule is O=C(CC1Cc2c(O)cccc2C1=O)c1ccccc1. The summed E-state index contributed by atoms with van der Waals surface area (Å²) in [5.41, 5.74) is 1.85. The van der Waals surface area contributed by atoms with Crippen LogP contribution in [0.25, 0.3) is 0 Å². The lowest BCUT2D eigenvalue weighted by molar-refractivity contribution is 0.0866. The first-order valence-corrected chi connectivity index (χ1v) is 6.60. The number of phenolic OH excluding ortho intramolecular Hbond substituents is 1. The van der Waals surface area contributed by atoms with Crippen molar-refractivity contribution in [2.45, 2.75) is 12.8 Å². The summed E-state index contributed by atoms with van der Waals surface area (Å²) in [6, 6.07) is 13.9. The van der Waals surface area contributed by atoms with E-state index in [-0.39, 0.29) is 29.7 Å². The summed E-state index contributed by atoms with van der Waals surface area (Å²) in [5, 5.41) is 9.78. The van der Waals surface area contributed by atoms with Crippen molar-refractivity contribution in [2.24, 2.45) is 5.92 Å². The van der Waals surface area contributed by atoms with Crippen LogP contribution in [-0.2, 0) is 6.42 Å². The van der Waals surface area contributed by atoms with Crippen LogP contribution in [0.2, 0.25) is 0 Å². The van der Waals surface area contributed by atoms with Crippen LogP contribution < -0.4 is 0 Å². The zero-order chi connectivity index (χ0) is 14.1. The zero-order valence-electron chi connectivity index (χ0n) is 10.9. The molecular formula is C17H14O3. The van der Waals surface area contributed by atoms with Crippen LogP contribution in [0.4, 0.5) is 0 Å². The van der Waals surface area contributed by atoms with Crippen molar-refractivity contribution >= 4 is 11.6 Å². The van der Waals surface area contributed by atoms with Gasteiger partial charge in [-0.05, 0) is 12.5 Å². The summed E-state index contributed by atoms with van der Waals surface area (Å²) in [6.07, 6.45) is 0.635. The lowest BCUT2D eigenvalue weighted by Crippen LogP contribution is -2.14. The average Bonchev–Trinajstić information content (AvgIpc) is 2.79. The molecule has 0 radical (unpaired) electrons. The van der Waals surface area contributed by atoms with E-state index in [0.29, 0.717) is 23.1 Å². The maximum absolute atomic E-state index is 12.3. The number of benzene rings is 2. The van der Waals surface area contributed by atoms with Gasteiger partial charge in [0.15, 0.2) is 11.6 Å². The van der Waals surface area contributed by atoms with Crippen LogP contribution >= 0.6 is 0 Å². The average molecular weight is 266 g/mol. The predicted molar refractivity (Wildman–Crippen MR) is 75.0 cm³/mol. The fraction of sp³-hybridized carbons (Fsp3) is 0.176. The Morgan fingerprint density at radius 3 is 2.55 bits per heavy atom. The number of rotatable bonds is 3. The second-order valence-corrected chi connectivity index (χ2v) is 5.06. The van der Waals surface area contributed by atoms with Crippen molar-refractivity contribution in [3.63, 3.8) is 0 Å². The van der Waals surface area contributed by atoms with Crippen molar-refractivity contribution in [1.29, 1.82) is 0 Å². The van der Waals surface area contributed by atoms with Crippen molar-refractivity contribution in [1.82, 2.24) is 0 Å². The number of carbonyl (C=O) groups is 2. The third-order valence-corrected chi connectivity index (χ3v) is 3.77. The smallest absolute Gasteiger partial charge is 0.167 e. The van der Waals surface area contributed by atoms with E-state index in [1.807, 2.05) is 18.2 Å². The zero-order valence-corrected chi connectivity index (χ0v) is 10.9. The molecule has 0 bridgehead atoms. The van der Waals surface area contributed by atoms with Crippen LogP contribution in [-0.4, -0.2) is 16.7 Å². The molecule has 0 spiro atoms. The Balaban J connectivity index is 1.80. The number of hydrogen-bond acceptors (Lipinski definition) is 3. The first-order chi connectivity index (χ1) is 9.66. The molecule has 0 fully saturated rings.